The highest BCUT2D eigenvalue weighted by Gasteiger charge is 2.24. The summed E-state index contributed by atoms with van der Waals surface area (Å²) in [5.74, 6) is -1.95. The maximum absolute atomic E-state index is 13.1. The van der Waals surface area contributed by atoms with E-state index < -0.39 is 17.8 Å². The van der Waals surface area contributed by atoms with E-state index >= 15 is 0 Å². The van der Waals surface area contributed by atoms with Crippen LogP contribution in [0.1, 0.15) is 31.9 Å². The number of carboxylic acid groups (broad SMARTS) is 1. The molecule has 17 heavy (non-hydrogen) atoms. The van der Waals surface area contributed by atoms with Crippen molar-refractivity contribution in [2.24, 2.45) is 0 Å². The minimum atomic E-state index is -1.15. The van der Waals surface area contributed by atoms with Crippen LogP contribution in [0.3, 0.4) is 0 Å². The lowest BCUT2D eigenvalue weighted by Crippen LogP contribution is -2.35. The first-order valence-electron chi connectivity index (χ1n) is 5.43. The molecule has 94 valence electrons. The number of benzene rings is 1. The summed E-state index contributed by atoms with van der Waals surface area (Å²) in [6, 6.07) is 2.11. The molecular weight excluding hydrogens is 225 g/mol. The van der Waals surface area contributed by atoms with E-state index in [0.29, 0.717) is 0 Å². The van der Waals surface area contributed by atoms with Gasteiger partial charge in [0.2, 0.25) is 0 Å². The van der Waals surface area contributed by atoms with Crippen molar-refractivity contribution in [2.75, 3.05) is 0 Å². The number of carboxylic acids is 1. The molecular formula is C12H16FNO3. The summed E-state index contributed by atoms with van der Waals surface area (Å²) >= 11 is 0. The van der Waals surface area contributed by atoms with E-state index in [-0.39, 0.29) is 17.4 Å². The van der Waals surface area contributed by atoms with E-state index in [1.165, 1.54) is 0 Å². The summed E-state index contributed by atoms with van der Waals surface area (Å²) in [7, 11) is 0. The fourth-order valence-electron chi connectivity index (χ4n) is 1.45. The molecule has 0 radical (unpaired) electrons. The quantitative estimate of drug-likeness (QED) is 0.738. The minimum Gasteiger partial charge on any atom is -0.508 e. The number of carbonyl (C=O) groups is 1. The zero-order chi connectivity index (χ0) is 13.0. The number of aromatic hydroxyl groups is 1. The standard InChI is InChI=1S/C12H16FNO3/c1-3-7(2)14-11(12(16)17)9-6-8(13)4-5-10(9)15/h4-7,11,14-15H,3H2,1-2H3,(H,16,17). The number of nitrogens with one attached hydrogen (secondary N) is 1. The highest BCUT2D eigenvalue weighted by Crippen LogP contribution is 2.25. The van der Waals surface area contributed by atoms with E-state index in [1.54, 1.807) is 0 Å². The number of phenols is 1. The third kappa shape index (κ3) is 3.42. The van der Waals surface area contributed by atoms with Gasteiger partial charge in [0.05, 0.1) is 0 Å². The van der Waals surface area contributed by atoms with Crippen LogP contribution in [-0.4, -0.2) is 22.2 Å². The number of rotatable bonds is 5. The maximum atomic E-state index is 13.1. The lowest BCUT2D eigenvalue weighted by molar-refractivity contribution is -0.140. The number of aliphatic carboxylic acids is 1. The first kappa shape index (κ1) is 13.4. The SMILES string of the molecule is CCC(C)NC(C(=O)O)c1cc(F)ccc1O. The Morgan fingerprint density at radius 3 is 2.71 bits per heavy atom. The predicted molar refractivity (Wildman–Crippen MR) is 61.3 cm³/mol. The van der Waals surface area contributed by atoms with E-state index in [2.05, 4.69) is 5.32 Å². The van der Waals surface area contributed by atoms with Crippen LogP contribution in [-0.2, 0) is 4.79 Å². The predicted octanol–water partition coefficient (Wildman–Crippen LogP) is 2.05. The molecule has 0 aromatic heterocycles. The van der Waals surface area contributed by atoms with Gasteiger partial charge in [-0.25, -0.2) is 4.39 Å². The minimum absolute atomic E-state index is 0.0396. The van der Waals surface area contributed by atoms with Gasteiger partial charge in [-0.1, -0.05) is 6.92 Å². The molecule has 0 saturated heterocycles. The first-order valence-corrected chi connectivity index (χ1v) is 5.43. The molecule has 1 aromatic carbocycles. The Hall–Kier alpha value is -1.62. The first-order chi connectivity index (χ1) is 7.95. The largest absolute Gasteiger partial charge is 0.508 e. The normalized spacial score (nSPS) is 14.3. The van der Waals surface area contributed by atoms with Crippen molar-refractivity contribution in [1.82, 2.24) is 5.32 Å². The molecule has 0 bridgehead atoms. The van der Waals surface area contributed by atoms with Crippen molar-refractivity contribution >= 4 is 5.97 Å². The van der Waals surface area contributed by atoms with Gasteiger partial charge in [-0.15, -0.1) is 0 Å². The average Bonchev–Trinajstić information content (AvgIpc) is 2.28. The Balaban J connectivity index is 3.05. The second kappa shape index (κ2) is 5.63. The van der Waals surface area contributed by atoms with Gasteiger partial charge in [0.25, 0.3) is 0 Å². The van der Waals surface area contributed by atoms with Crippen LogP contribution in [0.2, 0.25) is 0 Å². The summed E-state index contributed by atoms with van der Waals surface area (Å²) in [6.07, 6.45) is 0.736. The van der Waals surface area contributed by atoms with E-state index in [0.717, 1.165) is 24.6 Å². The summed E-state index contributed by atoms with van der Waals surface area (Å²) < 4.78 is 13.1. The monoisotopic (exact) mass is 241 g/mol. The van der Waals surface area contributed by atoms with Gasteiger partial charge in [0.1, 0.15) is 17.6 Å². The second-order valence-electron chi connectivity index (χ2n) is 3.95. The molecule has 5 heteroatoms. The van der Waals surface area contributed by atoms with Crippen molar-refractivity contribution in [3.63, 3.8) is 0 Å². The number of hydrogen-bond donors (Lipinski definition) is 3. The summed E-state index contributed by atoms with van der Waals surface area (Å²) in [4.78, 5) is 11.1. The van der Waals surface area contributed by atoms with Gasteiger partial charge < -0.3 is 10.2 Å². The molecule has 1 aromatic rings. The van der Waals surface area contributed by atoms with Gasteiger partial charge in [-0.3, -0.25) is 10.1 Å². The third-order valence-electron chi connectivity index (χ3n) is 2.61. The van der Waals surface area contributed by atoms with Gasteiger partial charge in [-0.2, -0.15) is 0 Å². The molecule has 0 aliphatic carbocycles. The Kier molecular flexibility index (Phi) is 4.45. The molecule has 2 unspecified atom stereocenters. The van der Waals surface area contributed by atoms with E-state index in [4.69, 9.17) is 5.11 Å². The van der Waals surface area contributed by atoms with Crippen LogP contribution in [0.15, 0.2) is 18.2 Å². The number of phenolic OH excluding ortho intramolecular Hbond substituents is 1. The Labute approximate surface area is 99.1 Å². The zero-order valence-electron chi connectivity index (χ0n) is 9.77. The smallest absolute Gasteiger partial charge is 0.325 e. The third-order valence-corrected chi connectivity index (χ3v) is 2.61. The van der Waals surface area contributed by atoms with E-state index in [9.17, 15) is 14.3 Å². The van der Waals surface area contributed by atoms with Crippen molar-refractivity contribution in [1.29, 1.82) is 0 Å². The molecule has 0 heterocycles. The van der Waals surface area contributed by atoms with Gasteiger partial charge in [0, 0.05) is 11.6 Å². The molecule has 0 aliphatic rings. The molecule has 0 spiro atoms. The van der Waals surface area contributed by atoms with Crippen LogP contribution in [0.25, 0.3) is 0 Å². The van der Waals surface area contributed by atoms with Crippen LogP contribution in [0, 0.1) is 5.82 Å². The van der Waals surface area contributed by atoms with E-state index in [1.807, 2.05) is 13.8 Å². The van der Waals surface area contributed by atoms with Crippen LogP contribution >= 0.6 is 0 Å². The van der Waals surface area contributed by atoms with Gasteiger partial charge in [-0.05, 0) is 31.5 Å². The van der Waals surface area contributed by atoms with Gasteiger partial charge in [0.15, 0.2) is 0 Å². The fourth-order valence-corrected chi connectivity index (χ4v) is 1.45. The number of hydrogen-bond acceptors (Lipinski definition) is 3. The Morgan fingerprint density at radius 1 is 1.53 bits per heavy atom. The molecule has 4 nitrogen and oxygen atoms in total. The average molecular weight is 241 g/mol. The number of halogens is 1. The van der Waals surface area contributed by atoms with Crippen LogP contribution in [0.5, 0.6) is 5.75 Å². The molecule has 2 atom stereocenters. The molecule has 0 amide bonds. The topological polar surface area (TPSA) is 69.6 Å². The van der Waals surface area contributed by atoms with Crippen LogP contribution in [0.4, 0.5) is 4.39 Å². The van der Waals surface area contributed by atoms with Crippen molar-refractivity contribution in [3.05, 3.63) is 29.6 Å². The maximum Gasteiger partial charge on any atom is 0.325 e. The second-order valence-corrected chi connectivity index (χ2v) is 3.95. The zero-order valence-corrected chi connectivity index (χ0v) is 9.77. The highest BCUT2D eigenvalue weighted by atomic mass is 19.1. The molecule has 1 rings (SSSR count). The molecule has 0 saturated carbocycles. The summed E-state index contributed by atoms with van der Waals surface area (Å²) in [5, 5.41) is 21.5. The summed E-state index contributed by atoms with van der Waals surface area (Å²) in [6.45, 7) is 3.73. The summed E-state index contributed by atoms with van der Waals surface area (Å²) in [5.41, 5.74) is 0.0396. The van der Waals surface area contributed by atoms with Crippen molar-refractivity contribution < 1.29 is 19.4 Å². The van der Waals surface area contributed by atoms with Gasteiger partial charge >= 0.3 is 5.97 Å². The lowest BCUT2D eigenvalue weighted by atomic mass is 10.0. The van der Waals surface area contributed by atoms with Crippen molar-refractivity contribution in [2.45, 2.75) is 32.4 Å². The fraction of sp³-hybridized carbons (Fsp3) is 0.417. The van der Waals surface area contributed by atoms with Crippen molar-refractivity contribution in [3.8, 4) is 5.75 Å². The molecule has 3 N–H and O–H groups in total. The Bertz CT molecular complexity index is 409. The Morgan fingerprint density at radius 2 is 2.18 bits per heavy atom. The molecule has 0 fully saturated rings. The highest BCUT2D eigenvalue weighted by molar-refractivity contribution is 5.76. The lowest BCUT2D eigenvalue weighted by Gasteiger charge is -2.20. The van der Waals surface area contributed by atoms with Crippen LogP contribution < -0.4 is 5.32 Å². The molecule has 0 aliphatic heterocycles.